The normalized spacial score (nSPS) is 14.6. The molecule has 2 unspecified atom stereocenters. The molecule has 11 heteroatoms. The first-order valence-corrected chi connectivity index (χ1v) is 38.5. The van der Waals surface area contributed by atoms with Crippen LogP contribution in [0.5, 0.6) is 0 Å². The van der Waals surface area contributed by atoms with Crippen molar-refractivity contribution in [2.45, 2.75) is 11.8 Å². The van der Waals surface area contributed by atoms with E-state index in [2.05, 4.69) is 321 Å². The van der Waals surface area contributed by atoms with Crippen LogP contribution in [0.15, 0.2) is 309 Å². The minimum Gasteiger partial charge on any atom is -0.308 e. The quantitative estimate of drug-likeness (QED) is 0.151. The smallest absolute Gasteiger partial charge is 0.238 e. The van der Waals surface area contributed by atoms with Crippen molar-refractivity contribution in [3.8, 4) is 90.6 Å². The van der Waals surface area contributed by atoms with E-state index in [4.69, 9.17) is 24.9 Å². The molecule has 2 aliphatic rings. The van der Waals surface area contributed by atoms with Gasteiger partial charge in [0.15, 0.2) is 17.5 Å². The standard InChI is InChI=1S/C97H53N9S2/c1-3-17-52(18-4-1)53-35-37-55(38-36-53)94-98-69(51-82(99-94)103-72-31-15-32-73-84(72)86-76(103)43-47-78-88(86)90-80(107-78)45-41-66-62-24-9-11-29-70(62)104(73)92(66)90)57-22-13-21-56(49-57)59-27-14-28-65-68-50-58(39-40-61(68)60-23-7-8-26-64(60)83(59)65)96-100-95(54-19-5-2-6-20-54)101-97(102-96)106-75-34-16-33-74-85(75)87-77(106)44-48-79-89(87)91-81(108-79)46-42-67-63-25-10-12-30-71(63)105(74)93(67)91/h1-51,60,64H. The van der Waals surface area contributed by atoms with Crippen LogP contribution in [0.3, 0.4) is 0 Å². The third-order valence-corrected chi connectivity index (χ3v) is 26.1. The van der Waals surface area contributed by atoms with E-state index in [0.717, 1.165) is 83.6 Å². The van der Waals surface area contributed by atoms with Crippen molar-refractivity contribution in [2.24, 2.45) is 0 Å². The topological polar surface area (TPSA) is 83.1 Å². The molecule has 498 valence electrons. The molecule has 2 atom stereocenters. The van der Waals surface area contributed by atoms with Gasteiger partial charge in [0.1, 0.15) is 5.82 Å². The Morgan fingerprint density at radius 3 is 1.44 bits per heavy atom. The molecule has 108 heavy (non-hydrogen) atoms. The fraction of sp³-hybridized carbons (Fsp3) is 0.0206. The van der Waals surface area contributed by atoms with Gasteiger partial charge in [-0.15, -0.1) is 22.7 Å². The van der Waals surface area contributed by atoms with Crippen LogP contribution in [-0.4, -0.2) is 42.9 Å². The van der Waals surface area contributed by atoms with Gasteiger partial charge in [-0.1, -0.05) is 218 Å². The number of allylic oxidation sites excluding steroid dienone is 4. The number of hydrogen-bond donors (Lipinski definition) is 0. The molecular weight excluding hydrogens is 1360 g/mol. The van der Waals surface area contributed by atoms with Crippen molar-refractivity contribution in [2.75, 3.05) is 0 Å². The van der Waals surface area contributed by atoms with Crippen LogP contribution >= 0.6 is 22.7 Å². The zero-order chi connectivity index (χ0) is 69.9. The lowest BCUT2D eigenvalue weighted by Gasteiger charge is -2.35. The van der Waals surface area contributed by atoms with Crippen LogP contribution in [0.1, 0.15) is 23.0 Å². The SMILES string of the molecule is C1=CC2c3ccc(-c4nc(-c5ccccc5)nc(-n5c6ccc7sc8ccc9c%10ccccc%10n%10c%11cccc5c%11c6c7c8c9%10)n4)cc3-c3cccc(-c4cccc(-c5cc(-n6c7ccc8sc9ccc%10c%11ccccc%11n%11c%12cccc6c%12c7c8c9c%10%11)nc(-c6ccc(-c7ccccc7)cc6)n5)c4)c3C2C=C1. The first-order chi connectivity index (χ1) is 53.6. The average molecular weight is 1410 g/mol. The molecular formula is C97H53N9S2. The van der Waals surface area contributed by atoms with Gasteiger partial charge >= 0.3 is 0 Å². The Morgan fingerprint density at radius 1 is 0.269 bits per heavy atom. The molecule has 26 rings (SSSR count). The summed E-state index contributed by atoms with van der Waals surface area (Å²) in [5.74, 6) is 3.38. The van der Waals surface area contributed by atoms with Gasteiger partial charge in [-0.25, -0.2) is 15.0 Å². The highest BCUT2D eigenvalue weighted by Gasteiger charge is 2.36. The minimum atomic E-state index is 0.0684. The lowest BCUT2D eigenvalue weighted by Crippen LogP contribution is -2.17. The fourth-order valence-electron chi connectivity index (χ4n) is 19.4. The summed E-state index contributed by atoms with van der Waals surface area (Å²) in [6.45, 7) is 0. The van der Waals surface area contributed by atoms with E-state index >= 15 is 0 Å². The van der Waals surface area contributed by atoms with Crippen molar-refractivity contribution in [1.29, 1.82) is 0 Å². The summed E-state index contributed by atoms with van der Waals surface area (Å²) in [6.07, 6.45) is 9.24. The number of para-hydroxylation sites is 2. The Hall–Kier alpha value is -13.7. The van der Waals surface area contributed by atoms with Crippen molar-refractivity contribution in [3.05, 3.63) is 321 Å². The molecule has 0 N–H and O–H groups in total. The Bertz CT molecular complexity index is 8060. The van der Waals surface area contributed by atoms with Gasteiger partial charge < -0.3 is 8.80 Å². The number of rotatable bonds is 8. The van der Waals surface area contributed by atoms with Gasteiger partial charge in [0.05, 0.1) is 60.9 Å². The lowest BCUT2D eigenvalue weighted by atomic mass is 9.68. The van der Waals surface area contributed by atoms with Gasteiger partial charge in [0.25, 0.3) is 0 Å². The number of nitrogens with zero attached hydrogens (tertiary/aromatic N) is 9. The number of aromatic nitrogens is 9. The monoisotopic (exact) mass is 1410 g/mol. The predicted molar refractivity (Wildman–Crippen MR) is 448 cm³/mol. The molecule has 14 aromatic carbocycles. The van der Waals surface area contributed by atoms with Gasteiger partial charge in [-0.05, 0) is 129 Å². The van der Waals surface area contributed by atoms with Crippen molar-refractivity contribution < 1.29 is 0 Å². The van der Waals surface area contributed by atoms with Crippen LogP contribution in [0, 0.1) is 0 Å². The molecule has 0 saturated carbocycles. The number of benzene rings is 14. The second-order valence-corrected chi connectivity index (χ2v) is 31.4. The lowest BCUT2D eigenvalue weighted by molar-refractivity contribution is 0.721. The molecule has 10 aromatic heterocycles. The van der Waals surface area contributed by atoms with Gasteiger partial charge in [0.2, 0.25) is 5.95 Å². The molecule has 0 aliphatic heterocycles. The Labute approximate surface area is 622 Å². The summed E-state index contributed by atoms with van der Waals surface area (Å²) in [6, 6.07) is 105. The summed E-state index contributed by atoms with van der Waals surface area (Å²) < 4.78 is 14.9. The van der Waals surface area contributed by atoms with Crippen LogP contribution in [0.2, 0.25) is 0 Å². The molecule has 0 fully saturated rings. The summed E-state index contributed by atoms with van der Waals surface area (Å²) in [4.78, 5) is 27.9. The van der Waals surface area contributed by atoms with E-state index in [1.54, 1.807) is 0 Å². The molecule has 0 saturated heterocycles. The van der Waals surface area contributed by atoms with Crippen molar-refractivity contribution in [1.82, 2.24) is 42.9 Å². The van der Waals surface area contributed by atoms with Crippen LogP contribution in [-0.2, 0) is 0 Å². The summed E-state index contributed by atoms with van der Waals surface area (Å²) in [7, 11) is 0. The number of fused-ring (bicyclic) bond motifs is 14. The number of thiophene rings is 2. The predicted octanol–water partition coefficient (Wildman–Crippen LogP) is 25.4. The molecule has 0 radical (unpaired) electrons. The van der Waals surface area contributed by atoms with Crippen molar-refractivity contribution >= 4 is 161 Å². The average Bonchev–Trinajstić information content (AvgIpc) is 1.52. The molecule has 0 bridgehead atoms. The van der Waals surface area contributed by atoms with E-state index in [1.165, 1.54) is 133 Å². The Balaban J connectivity index is 0.651. The van der Waals surface area contributed by atoms with Crippen LogP contribution in [0.25, 0.3) is 229 Å². The summed E-state index contributed by atoms with van der Waals surface area (Å²) >= 11 is 3.76. The van der Waals surface area contributed by atoms with E-state index in [9.17, 15) is 0 Å². The molecule has 10 heterocycles. The molecule has 2 aliphatic carbocycles. The zero-order valence-corrected chi connectivity index (χ0v) is 59.1. The van der Waals surface area contributed by atoms with E-state index in [1.807, 2.05) is 28.7 Å². The van der Waals surface area contributed by atoms with Crippen LogP contribution in [0.4, 0.5) is 0 Å². The van der Waals surface area contributed by atoms with E-state index < -0.39 is 0 Å². The van der Waals surface area contributed by atoms with Crippen LogP contribution < -0.4 is 0 Å². The Kier molecular flexibility index (Phi) is 11.2. The molecule has 0 spiro atoms. The molecule has 24 aromatic rings. The fourth-order valence-corrected chi connectivity index (χ4v) is 21.7. The maximum Gasteiger partial charge on any atom is 0.238 e. The van der Waals surface area contributed by atoms with E-state index in [-0.39, 0.29) is 11.8 Å². The second kappa shape index (κ2) is 21.0. The third-order valence-electron chi connectivity index (χ3n) is 23.9. The maximum atomic E-state index is 5.68. The highest BCUT2D eigenvalue weighted by Crippen LogP contribution is 2.56. The largest absolute Gasteiger partial charge is 0.308 e. The third kappa shape index (κ3) is 7.59. The summed E-state index contributed by atoms with van der Waals surface area (Å²) in [5, 5.41) is 15.2. The zero-order valence-electron chi connectivity index (χ0n) is 57.4. The Morgan fingerprint density at radius 2 is 0.750 bits per heavy atom. The highest BCUT2D eigenvalue weighted by molar-refractivity contribution is 7.26. The first-order valence-electron chi connectivity index (χ1n) is 36.9. The van der Waals surface area contributed by atoms with Gasteiger partial charge in [-0.2, -0.15) is 9.97 Å². The minimum absolute atomic E-state index is 0.0684. The van der Waals surface area contributed by atoms with E-state index in [0.29, 0.717) is 23.4 Å². The number of hydrogen-bond acceptors (Lipinski definition) is 7. The molecule has 0 amide bonds. The maximum absolute atomic E-state index is 5.68. The molecule has 9 nitrogen and oxygen atoms in total. The second-order valence-electron chi connectivity index (χ2n) is 29.3. The first kappa shape index (κ1) is 57.7. The van der Waals surface area contributed by atoms with Crippen molar-refractivity contribution in [3.63, 3.8) is 0 Å². The van der Waals surface area contributed by atoms with Gasteiger partial charge in [0, 0.05) is 124 Å². The van der Waals surface area contributed by atoms with Gasteiger partial charge in [-0.3, -0.25) is 9.13 Å². The summed E-state index contributed by atoms with van der Waals surface area (Å²) in [5.41, 5.74) is 25.7. The highest BCUT2D eigenvalue weighted by atomic mass is 32.1.